The summed E-state index contributed by atoms with van der Waals surface area (Å²) in [6.45, 7) is 2.63. The normalized spacial score (nSPS) is 12.6. The minimum atomic E-state index is -0.620. The summed E-state index contributed by atoms with van der Waals surface area (Å²) < 4.78 is 7.91. The van der Waals surface area contributed by atoms with Crippen LogP contribution in [0, 0.1) is 6.92 Å². The monoisotopic (exact) mass is 365 g/mol. The molecule has 1 unspecified atom stereocenters. The van der Waals surface area contributed by atoms with Crippen LogP contribution in [0.3, 0.4) is 0 Å². The number of ether oxygens (including phenoxy) is 1. The maximum absolute atomic E-state index is 10.6. The Kier molecular flexibility index (Phi) is 4.58. The first-order valence-electron chi connectivity index (χ1n) is 8.66. The number of aliphatic hydroxyl groups excluding tert-OH is 1. The topological polar surface area (TPSA) is 34.4 Å². The average Bonchev–Trinajstić information content (AvgIpc) is 2.97. The SMILES string of the molecule is Cc1cc(OCC(O)Cn2c3ccccc3c3ccccc32)ccc1Cl. The van der Waals surface area contributed by atoms with Crippen molar-refractivity contribution in [1.29, 1.82) is 0 Å². The van der Waals surface area contributed by atoms with Crippen molar-refractivity contribution < 1.29 is 9.84 Å². The molecule has 1 N–H and O–H groups in total. The van der Waals surface area contributed by atoms with Gasteiger partial charge in [-0.15, -0.1) is 0 Å². The summed E-state index contributed by atoms with van der Waals surface area (Å²) in [5, 5.41) is 13.7. The van der Waals surface area contributed by atoms with Crippen LogP contribution in [0.5, 0.6) is 5.75 Å². The van der Waals surface area contributed by atoms with Crippen LogP contribution in [-0.2, 0) is 6.54 Å². The lowest BCUT2D eigenvalue weighted by molar-refractivity contribution is 0.0945. The van der Waals surface area contributed by atoms with E-state index in [4.69, 9.17) is 16.3 Å². The quantitative estimate of drug-likeness (QED) is 0.527. The molecule has 0 aliphatic carbocycles. The minimum absolute atomic E-state index is 0.224. The number of aromatic nitrogens is 1. The molecule has 26 heavy (non-hydrogen) atoms. The van der Waals surface area contributed by atoms with Gasteiger partial charge >= 0.3 is 0 Å². The van der Waals surface area contributed by atoms with Crippen molar-refractivity contribution in [3.05, 3.63) is 77.3 Å². The van der Waals surface area contributed by atoms with Crippen LogP contribution in [0.2, 0.25) is 5.02 Å². The van der Waals surface area contributed by atoms with Crippen molar-refractivity contribution in [3.63, 3.8) is 0 Å². The van der Waals surface area contributed by atoms with E-state index in [1.54, 1.807) is 0 Å². The van der Waals surface area contributed by atoms with Gasteiger partial charge in [0.15, 0.2) is 0 Å². The highest BCUT2D eigenvalue weighted by Crippen LogP contribution is 2.29. The second-order valence-corrected chi connectivity index (χ2v) is 6.93. The van der Waals surface area contributed by atoms with E-state index >= 15 is 0 Å². The first-order chi connectivity index (χ1) is 12.6. The van der Waals surface area contributed by atoms with E-state index in [0.717, 1.165) is 16.6 Å². The number of rotatable bonds is 5. The number of aliphatic hydroxyl groups is 1. The summed E-state index contributed by atoms with van der Waals surface area (Å²) in [5.74, 6) is 0.716. The predicted octanol–water partition coefficient (Wildman–Crippen LogP) is 5.20. The van der Waals surface area contributed by atoms with E-state index < -0.39 is 6.10 Å². The minimum Gasteiger partial charge on any atom is -0.491 e. The highest BCUT2D eigenvalue weighted by molar-refractivity contribution is 6.31. The number of fused-ring (bicyclic) bond motifs is 3. The molecule has 132 valence electrons. The Balaban J connectivity index is 1.57. The maximum atomic E-state index is 10.6. The molecule has 3 aromatic carbocycles. The van der Waals surface area contributed by atoms with Gasteiger partial charge in [-0.2, -0.15) is 0 Å². The van der Waals surface area contributed by atoms with Crippen molar-refractivity contribution in [1.82, 2.24) is 4.57 Å². The first kappa shape index (κ1) is 17.0. The van der Waals surface area contributed by atoms with Crippen molar-refractivity contribution in [3.8, 4) is 5.75 Å². The molecule has 0 spiro atoms. The summed E-state index contributed by atoms with van der Waals surface area (Å²) in [6, 6.07) is 22.1. The van der Waals surface area contributed by atoms with Gasteiger partial charge in [0.1, 0.15) is 18.5 Å². The fourth-order valence-electron chi connectivity index (χ4n) is 3.36. The van der Waals surface area contributed by atoms with E-state index in [1.807, 2.05) is 49.4 Å². The van der Waals surface area contributed by atoms with Gasteiger partial charge in [0.2, 0.25) is 0 Å². The molecular weight excluding hydrogens is 346 g/mol. The van der Waals surface area contributed by atoms with Crippen LogP contribution in [0.4, 0.5) is 0 Å². The average molecular weight is 366 g/mol. The summed E-state index contributed by atoms with van der Waals surface area (Å²) in [5.41, 5.74) is 3.20. The Morgan fingerprint density at radius 2 is 1.58 bits per heavy atom. The highest BCUT2D eigenvalue weighted by Gasteiger charge is 2.14. The molecule has 0 bridgehead atoms. The Hall–Kier alpha value is -2.49. The van der Waals surface area contributed by atoms with Gasteiger partial charge in [-0.05, 0) is 42.8 Å². The molecule has 4 heteroatoms. The van der Waals surface area contributed by atoms with Gasteiger partial charge in [0.25, 0.3) is 0 Å². The lowest BCUT2D eigenvalue weighted by Gasteiger charge is -2.15. The van der Waals surface area contributed by atoms with Crippen LogP contribution in [0.1, 0.15) is 5.56 Å². The molecule has 0 radical (unpaired) electrons. The van der Waals surface area contributed by atoms with Crippen LogP contribution in [0.15, 0.2) is 66.7 Å². The van der Waals surface area contributed by atoms with E-state index in [-0.39, 0.29) is 6.61 Å². The van der Waals surface area contributed by atoms with Crippen molar-refractivity contribution in [2.45, 2.75) is 19.6 Å². The molecule has 0 saturated heterocycles. The van der Waals surface area contributed by atoms with Gasteiger partial charge in [-0.25, -0.2) is 0 Å². The van der Waals surface area contributed by atoms with Crippen LogP contribution >= 0.6 is 11.6 Å². The number of hydrogen-bond acceptors (Lipinski definition) is 2. The molecule has 1 aromatic heterocycles. The second-order valence-electron chi connectivity index (χ2n) is 6.52. The second kappa shape index (κ2) is 7.02. The van der Waals surface area contributed by atoms with Crippen molar-refractivity contribution in [2.24, 2.45) is 0 Å². The van der Waals surface area contributed by atoms with Crippen LogP contribution < -0.4 is 4.74 Å². The number of halogens is 1. The number of hydrogen-bond donors (Lipinski definition) is 1. The van der Waals surface area contributed by atoms with Crippen LogP contribution in [0.25, 0.3) is 21.8 Å². The predicted molar refractivity (Wildman–Crippen MR) is 107 cm³/mol. The third kappa shape index (κ3) is 3.16. The van der Waals surface area contributed by atoms with Gasteiger partial charge in [-0.1, -0.05) is 48.0 Å². The molecule has 4 aromatic rings. The fraction of sp³-hybridized carbons (Fsp3) is 0.182. The zero-order chi connectivity index (χ0) is 18.1. The molecule has 0 amide bonds. The lowest BCUT2D eigenvalue weighted by atomic mass is 10.2. The van der Waals surface area contributed by atoms with Crippen LogP contribution in [-0.4, -0.2) is 22.4 Å². The van der Waals surface area contributed by atoms with Gasteiger partial charge in [0.05, 0.1) is 6.54 Å². The first-order valence-corrected chi connectivity index (χ1v) is 9.04. The number of benzene rings is 3. The highest BCUT2D eigenvalue weighted by atomic mass is 35.5. The summed E-state index contributed by atoms with van der Waals surface area (Å²) in [6.07, 6.45) is -0.620. The number of nitrogens with zero attached hydrogens (tertiary/aromatic N) is 1. The summed E-state index contributed by atoms with van der Waals surface area (Å²) in [4.78, 5) is 0. The summed E-state index contributed by atoms with van der Waals surface area (Å²) >= 11 is 6.04. The van der Waals surface area contributed by atoms with Gasteiger partial charge < -0.3 is 14.4 Å². The number of para-hydroxylation sites is 2. The number of aryl methyl sites for hydroxylation is 1. The van der Waals surface area contributed by atoms with Gasteiger partial charge in [0, 0.05) is 26.8 Å². The van der Waals surface area contributed by atoms with E-state index in [9.17, 15) is 5.11 Å². The smallest absolute Gasteiger partial charge is 0.119 e. The molecule has 1 atom stereocenters. The Morgan fingerprint density at radius 1 is 0.962 bits per heavy atom. The third-order valence-electron chi connectivity index (χ3n) is 4.64. The summed E-state index contributed by atoms with van der Waals surface area (Å²) in [7, 11) is 0. The maximum Gasteiger partial charge on any atom is 0.119 e. The molecule has 4 rings (SSSR count). The molecule has 0 fully saturated rings. The lowest BCUT2D eigenvalue weighted by Crippen LogP contribution is -2.23. The standard InChI is InChI=1S/C22H20ClNO2/c1-15-12-17(10-11-20(15)23)26-14-16(25)13-24-21-8-4-2-6-18(21)19-7-3-5-9-22(19)24/h2-12,16,25H,13-14H2,1H3. The largest absolute Gasteiger partial charge is 0.491 e. The molecule has 0 aliphatic heterocycles. The molecule has 3 nitrogen and oxygen atoms in total. The van der Waals surface area contributed by atoms with E-state index in [2.05, 4.69) is 28.8 Å². The Bertz CT molecular complexity index is 1020. The molecular formula is C22H20ClNO2. The zero-order valence-corrected chi connectivity index (χ0v) is 15.3. The molecule has 1 heterocycles. The third-order valence-corrected chi connectivity index (χ3v) is 5.07. The Labute approximate surface area is 157 Å². The molecule has 0 saturated carbocycles. The zero-order valence-electron chi connectivity index (χ0n) is 14.5. The van der Waals surface area contributed by atoms with Crippen molar-refractivity contribution >= 4 is 33.4 Å². The fourth-order valence-corrected chi connectivity index (χ4v) is 3.48. The van der Waals surface area contributed by atoms with Crippen molar-refractivity contribution in [2.75, 3.05) is 6.61 Å². The van der Waals surface area contributed by atoms with Gasteiger partial charge in [-0.3, -0.25) is 0 Å². The molecule has 0 aliphatic rings. The Morgan fingerprint density at radius 3 is 2.19 bits per heavy atom. The van der Waals surface area contributed by atoms with E-state index in [0.29, 0.717) is 17.3 Å². The van der Waals surface area contributed by atoms with E-state index in [1.165, 1.54) is 10.8 Å².